The number of aliphatic hydroxyl groups is 1. The molecule has 0 radical (unpaired) electrons. The number of carbonyl (C=O) groups is 1. The first-order valence-corrected chi connectivity index (χ1v) is 4.75. The molecular formula is C9H15NO2. The molecular weight excluding hydrogens is 154 g/mol. The van der Waals surface area contributed by atoms with E-state index in [9.17, 15) is 9.90 Å². The van der Waals surface area contributed by atoms with Crippen molar-refractivity contribution in [1.29, 1.82) is 0 Å². The second kappa shape index (κ2) is 3.05. The van der Waals surface area contributed by atoms with Crippen molar-refractivity contribution in [2.75, 3.05) is 6.54 Å². The van der Waals surface area contributed by atoms with Gasteiger partial charge in [0, 0.05) is 12.5 Å². The predicted molar refractivity (Wildman–Crippen MR) is 44.5 cm³/mol. The van der Waals surface area contributed by atoms with Crippen LogP contribution in [-0.4, -0.2) is 23.7 Å². The van der Waals surface area contributed by atoms with E-state index in [1.54, 1.807) is 0 Å². The van der Waals surface area contributed by atoms with E-state index >= 15 is 0 Å². The summed E-state index contributed by atoms with van der Waals surface area (Å²) >= 11 is 0. The Morgan fingerprint density at radius 1 is 1.33 bits per heavy atom. The van der Waals surface area contributed by atoms with Crippen molar-refractivity contribution in [3.05, 3.63) is 0 Å². The molecule has 1 amide bonds. The van der Waals surface area contributed by atoms with Gasteiger partial charge in [-0.3, -0.25) is 4.79 Å². The molecule has 1 aliphatic heterocycles. The molecule has 1 aliphatic carbocycles. The van der Waals surface area contributed by atoms with Gasteiger partial charge in [-0.05, 0) is 18.8 Å². The summed E-state index contributed by atoms with van der Waals surface area (Å²) in [7, 11) is 0. The minimum Gasteiger partial charge on any atom is -0.391 e. The monoisotopic (exact) mass is 169 g/mol. The first-order chi connectivity index (χ1) is 5.79. The van der Waals surface area contributed by atoms with E-state index in [0.717, 1.165) is 19.3 Å². The molecule has 2 aliphatic rings. The molecule has 0 aromatic rings. The van der Waals surface area contributed by atoms with Crippen LogP contribution in [0.25, 0.3) is 0 Å². The van der Waals surface area contributed by atoms with Crippen molar-refractivity contribution in [2.45, 2.75) is 31.8 Å². The van der Waals surface area contributed by atoms with E-state index in [-0.39, 0.29) is 23.8 Å². The minimum absolute atomic E-state index is 0.0995. The number of carbonyl (C=O) groups excluding carboxylic acids is 1. The third-order valence-electron chi connectivity index (χ3n) is 3.14. The average Bonchev–Trinajstić information content (AvgIpc) is 2.12. The van der Waals surface area contributed by atoms with Gasteiger partial charge < -0.3 is 10.4 Å². The van der Waals surface area contributed by atoms with Crippen LogP contribution in [0.15, 0.2) is 0 Å². The Morgan fingerprint density at radius 3 is 2.83 bits per heavy atom. The number of piperidine rings is 1. The smallest absolute Gasteiger partial charge is 0.223 e. The summed E-state index contributed by atoms with van der Waals surface area (Å²) in [5.41, 5.74) is 0. The first kappa shape index (κ1) is 8.05. The molecule has 68 valence electrons. The largest absolute Gasteiger partial charge is 0.391 e. The summed E-state index contributed by atoms with van der Waals surface area (Å²) in [6.45, 7) is 0.458. The Balaban J connectivity index is 2.11. The Bertz CT molecular complexity index is 193. The lowest BCUT2D eigenvalue weighted by Gasteiger charge is -2.38. The van der Waals surface area contributed by atoms with Crippen molar-refractivity contribution in [1.82, 2.24) is 5.32 Å². The van der Waals surface area contributed by atoms with Gasteiger partial charge in [0.2, 0.25) is 5.91 Å². The summed E-state index contributed by atoms with van der Waals surface area (Å²) in [6.07, 6.45) is 4.01. The average molecular weight is 169 g/mol. The van der Waals surface area contributed by atoms with Gasteiger partial charge in [0.05, 0.1) is 6.10 Å². The summed E-state index contributed by atoms with van der Waals surface area (Å²) in [5.74, 6) is 0.500. The maximum atomic E-state index is 11.4. The van der Waals surface area contributed by atoms with E-state index in [0.29, 0.717) is 6.54 Å². The summed E-state index contributed by atoms with van der Waals surface area (Å²) in [4.78, 5) is 11.4. The zero-order valence-electron chi connectivity index (χ0n) is 7.12. The number of hydrogen-bond donors (Lipinski definition) is 2. The Kier molecular flexibility index (Phi) is 2.05. The lowest BCUT2D eigenvalue weighted by molar-refractivity contribution is -0.134. The molecule has 3 heteroatoms. The highest BCUT2D eigenvalue weighted by Gasteiger charge is 2.38. The van der Waals surface area contributed by atoms with Gasteiger partial charge in [-0.1, -0.05) is 12.8 Å². The van der Waals surface area contributed by atoms with Gasteiger partial charge in [-0.2, -0.15) is 0 Å². The molecule has 0 bridgehead atoms. The van der Waals surface area contributed by atoms with Gasteiger partial charge >= 0.3 is 0 Å². The quantitative estimate of drug-likeness (QED) is 0.547. The third-order valence-corrected chi connectivity index (χ3v) is 3.14. The molecule has 2 fully saturated rings. The van der Waals surface area contributed by atoms with E-state index < -0.39 is 0 Å². The molecule has 1 heterocycles. The number of fused-ring (bicyclic) bond motifs is 1. The van der Waals surface area contributed by atoms with Crippen LogP contribution in [0.4, 0.5) is 0 Å². The summed E-state index contributed by atoms with van der Waals surface area (Å²) < 4.78 is 0. The van der Waals surface area contributed by atoms with Crippen molar-refractivity contribution >= 4 is 5.91 Å². The van der Waals surface area contributed by atoms with E-state index in [2.05, 4.69) is 5.32 Å². The van der Waals surface area contributed by atoms with Gasteiger partial charge in [0.1, 0.15) is 0 Å². The van der Waals surface area contributed by atoms with Gasteiger partial charge in [-0.15, -0.1) is 0 Å². The molecule has 1 saturated carbocycles. The second-order valence-corrected chi connectivity index (χ2v) is 3.87. The Morgan fingerprint density at radius 2 is 2.08 bits per heavy atom. The van der Waals surface area contributed by atoms with Crippen LogP contribution in [0.1, 0.15) is 25.7 Å². The highest BCUT2D eigenvalue weighted by molar-refractivity contribution is 5.80. The van der Waals surface area contributed by atoms with E-state index in [1.807, 2.05) is 0 Å². The normalized spacial score (nSPS) is 41.8. The van der Waals surface area contributed by atoms with Crippen molar-refractivity contribution in [3.8, 4) is 0 Å². The molecule has 0 unspecified atom stereocenters. The van der Waals surface area contributed by atoms with Crippen LogP contribution < -0.4 is 5.32 Å². The predicted octanol–water partition coefficient (Wildman–Crippen LogP) is 0.283. The third kappa shape index (κ3) is 1.22. The van der Waals surface area contributed by atoms with Gasteiger partial charge in [0.25, 0.3) is 0 Å². The number of hydrogen-bond acceptors (Lipinski definition) is 2. The zero-order chi connectivity index (χ0) is 8.55. The molecule has 1 saturated heterocycles. The molecule has 0 spiro atoms. The lowest BCUT2D eigenvalue weighted by Crippen LogP contribution is -2.51. The summed E-state index contributed by atoms with van der Waals surface area (Å²) in [6, 6.07) is 0. The van der Waals surface area contributed by atoms with Crippen LogP contribution in [0, 0.1) is 11.8 Å². The van der Waals surface area contributed by atoms with E-state index in [4.69, 9.17) is 0 Å². The standard InChI is InChI=1S/C9H15NO2/c11-8-5-10-9(12)7-4-2-1-3-6(7)8/h6-8,11H,1-5H2,(H,10,12)/t6-,7-,8+/m1/s1. The van der Waals surface area contributed by atoms with Crippen LogP contribution in [0.5, 0.6) is 0 Å². The summed E-state index contributed by atoms with van der Waals surface area (Å²) in [5, 5.41) is 12.3. The van der Waals surface area contributed by atoms with Crippen LogP contribution in [0.3, 0.4) is 0 Å². The van der Waals surface area contributed by atoms with Gasteiger partial charge in [-0.25, -0.2) is 0 Å². The molecule has 3 atom stereocenters. The van der Waals surface area contributed by atoms with Gasteiger partial charge in [0.15, 0.2) is 0 Å². The molecule has 12 heavy (non-hydrogen) atoms. The number of amides is 1. The van der Waals surface area contributed by atoms with Crippen LogP contribution >= 0.6 is 0 Å². The second-order valence-electron chi connectivity index (χ2n) is 3.87. The van der Waals surface area contributed by atoms with Crippen molar-refractivity contribution < 1.29 is 9.90 Å². The minimum atomic E-state index is -0.298. The van der Waals surface area contributed by atoms with Crippen molar-refractivity contribution in [2.24, 2.45) is 11.8 Å². The topological polar surface area (TPSA) is 49.3 Å². The molecule has 0 aromatic carbocycles. The maximum absolute atomic E-state index is 11.4. The Hall–Kier alpha value is -0.570. The van der Waals surface area contributed by atoms with Crippen LogP contribution in [0.2, 0.25) is 0 Å². The fraction of sp³-hybridized carbons (Fsp3) is 0.889. The number of β-amino-alcohol motifs (C(OH)–C–C–N with tert-alkyl or cyclic N) is 1. The van der Waals surface area contributed by atoms with Crippen molar-refractivity contribution in [3.63, 3.8) is 0 Å². The fourth-order valence-electron chi connectivity index (χ4n) is 2.43. The molecule has 0 aromatic heterocycles. The highest BCUT2D eigenvalue weighted by atomic mass is 16.3. The molecule has 3 nitrogen and oxygen atoms in total. The number of rotatable bonds is 0. The van der Waals surface area contributed by atoms with Crippen LogP contribution in [-0.2, 0) is 4.79 Å². The SMILES string of the molecule is O=C1NC[C@H](O)[C@@H]2CCCC[C@@H]12. The number of nitrogens with one attached hydrogen (secondary N) is 1. The zero-order valence-corrected chi connectivity index (χ0v) is 7.12. The van der Waals surface area contributed by atoms with E-state index in [1.165, 1.54) is 6.42 Å². The first-order valence-electron chi connectivity index (χ1n) is 4.75. The maximum Gasteiger partial charge on any atom is 0.223 e. The molecule has 2 N–H and O–H groups in total. The lowest BCUT2D eigenvalue weighted by atomic mass is 9.74. The number of aliphatic hydroxyl groups excluding tert-OH is 1. The fourth-order valence-corrected chi connectivity index (χ4v) is 2.43. The Labute approximate surface area is 72.2 Å². The highest BCUT2D eigenvalue weighted by Crippen LogP contribution is 2.34. The molecule has 2 rings (SSSR count).